The highest BCUT2D eigenvalue weighted by Crippen LogP contribution is 2.46. The predicted molar refractivity (Wildman–Crippen MR) is 57.1 cm³/mol. The third-order valence-electron chi connectivity index (χ3n) is 2.46. The summed E-state index contributed by atoms with van der Waals surface area (Å²) in [5.74, 6) is 1.16. The topological polar surface area (TPSA) is 20.2 Å². The number of halogens is 1. The van der Waals surface area contributed by atoms with Gasteiger partial charge in [-0.15, -0.1) is 0 Å². The van der Waals surface area contributed by atoms with Crippen LogP contribution in [0.2, 0.25) is 0 Å². The van der Waals surface area contributed by atoms with Crippen molar-refractivity contribution >= 4 is 22.6 Å². The molecule has 0 amide bonds. The molecular weight excluding hydrogens is 263 g/mol. The average Bonchev–Trinajstić information content (AvgIpc) is 2.85. The third kappa shape index (κ3) is 1.64. The molecule has 1 nitrogen and oxygen atoms in total. The third-order valence-corrected chi connectivity index (χ3v) is 3.17. The van der Waals surface area contributed by atoms with Gasteiger partial charge in [0.25, 0.3) is 0 Å². The Hall–Kier alpha value is -0.0900. The lowest BCUT2D eigenvalue weighted by molar-refractivity contribution is 0.274. The summed E-state index contributed by atoms with van der Waals surface area (Å²) in [4.78, 5) is 0. The van der Waals surface area contributed by atoms with Crippen LogP contribution < -0.4 is 0 Å². The normalized spacial score (nSPS) is 27.2. The van der Waals surface area contributed by atoms with Gasteiger partial charge in [-0.1, -0.05) is 12.1 Å². The van der Waals surface area contributed by atoms with Crippen molar-refractivity contribution in [3.05, 3.63) is 33.4 Å². The minimum absolute atomic E-state index is 0.344. The second kappa shape index (κ2) is 3.34. The van der Waals surface area contributed by atoms with Crippen LogP contribution in [0.5, 0.6) is 0 Å². The van der Waals surface area contributed by atoms with Gasteiger partial charge in [0.2, 0.25) is 0 Å². The highest BCUT2D eigenvalue weighted by Gasteiger charge is 2.37. The zero-order valence-electron chi connectivity index (χ0n) is 6.70. The maximum Gasteiger partial charge on any atom is 0.0465 e. The first-order chi connectivity index (χ1) is 5.81. The molecule has 1 N–H and O–H groups in total. The van der Waals surface area contributed by atoms with Crippen molar-refractivity contribution in [3.8, 4) is 0 Å². The van der Waals surface area contributed by atoms with E-state index in [1.54, 1.807) is 0 Å². The molecule has 1 aromatic rings. The smallest absolute Gasteiger partial charge is 0.0465 e. The van der Waals surface area contributed by atoms with E-state index in [0.717, 1.165) is 6.42 Å². The molecule has 0 saturated heterocycles. The van der Waals surface area contributed by atoms with Crippen molar-refractivity contribution in [1.29, 1.82) is 0 Å². The van der Waals surface area contributed by atoms with E-state index in [4.69, 9.17) is 5.11 Å². The standard InChI is InChI=1S/C10H11IO/c11-9-3-1-7(2-4-9)10-5-8(10)6-12/h1-4,8,10,12H,5-6H2/t8-,10?/m1/s1. The van der Waals surface area contributed by atoms with Crippen LogP contribution in [-0.2, 0) is 0 Å². The molecule has 2 atom stereocenters. The fourth-order valence-electron chi connectivity index (χ4n) is 1.57. The summed E-state index contributed by atoms with van der Waals surface area (Å²) in [5, 5.41) is 8.89. The molecule has 0 bridgehead atoms. The molecule has 1 fully saturated rings. The Morgan fingerprint density at radius 3 is 2.50 bits per heavy atom. The van der Waals surface area contributed by atoms with E-state index in [1.807, 2.05) is 0 Å². The van der Waals surface area contributed by atoms with Crippen molar-refractivity contribution in [2.75, 3.05) is 6.61 Å². The summed E-state index contributed by atoms with van der Waals surface area (Å²) in [7, 11) is 0. The molecular formula is C10H11IO. The molecule has 0 radical (unpaired) electrons. The Morgan fingerprint density at radius 2 is 2.00 bits per heavy atom. The van der Waals surface area contributed by atoms with Crippen LogP contribution in [0.15, 0.2) is 24.3 Å². The van der Waals surface area contributed by atoms with Gasteiger partial charge >= 0.3 is 0 Å². The second-order valence-corrected chi connectivity index (χ2v) is 4.58. The monoisotopic (exact) mass is 274 g/mol. The van der Waals surface area contributed by atoms with E-state index in [9.17, 15) is 0 Å². The molecule has 0 heterocycles. The summed E-state index contributed by atoms with van der Waals surface area (Å²) in [6.45, 7) is 0.344. The van der Waals surface area contributed by atoms with Crippen LogP contribution in [0, 0.1) is 9.49 Å². The van der Waals surface area contributed by atoms with Gasteiger partial charge in [-0.2, -0.15) is 0 Å². The molecule has 2 rings (SSSR count). The molecule has 2 heteroatoms. The first-order valence-electron chi connectivity index (χ1n) is 4.17. The van der Waals surface area contributed by atoms with Crippen molar-refractivity contribution in [3.63, 3.8) is 0 Å². The zero-order chi connectivity index (χ0) is 8.55. The maximum atomic E-state index is 8.89. The van der Waals surface area contributed by atoms with Gasteiger partial charge in [0, 0.05) is 10.2 Å². The Labute approximate surface area is 85.9 Å². The SMILES string of the molecule is OC[C@H]1CC1c1ccc(I)cc1. The van der Waals surface area contributed by atoms with E-state index in [2.05, 4.69) is 46.9 Å². The molecule has 64 valence electrons. The molecule has 0 aliphatic heterocycles. The first kappa shape index (κ1) is 8.51. The molecule has 1 unspecified atom stereocenters. The molecule has 0 aromatic heterocycles. The van der Waals surface area contributed by atoms with Crippen LogP contribution >= 0.6 is 22.6 Å². The number of benzene rings is 1. The Morgan fingerprint density at radius 1 is 1.33 bits per heavy atom. The first-order valence-corrected chi connectivity index (χ1v) is 5.25. The number of rotatable bonds is 2. The molecule has 1 aliphatic carbocycles. The van der Waals surface area contributed by atoms with Gasteiger partial charge in [-0.3, -0.25) is 0 Å². The highest BCUT2D eigenvalue weighted by molar-refractivity contribution is 14.1. The number of hydrogen-bond acceptors (Lipinski definition) is 1. The second-order valence-electron chi connectivity index (χ2n) is 3.34. The molecule has 1 aromatic carbocycles. The average molecular weight is 274 g/mol. The Kier molecular flexibility index (Phi) is 2.37. The van der Waals surface area contributed by atoms with Gasteiger partial charge < -0.3 is 5.11 Å². The predicted octanol–water partition coefficient (Wildman–Crippen LogP) is 2.39. The van der Waals surface area contributed by atoms with Gasteiger partial charge in [0.15, 0.2) is 0 Å². The lowest BCUT2D eigenvalue weighted by Gasteiger charge is -1.98. The fraction of sp³-hybridized carbons (Fsp3) is 0.400. The van der Waals surface area contributed by atoms with Gasteiger partial charge in [-0.05, 0) is 58.5 Å². The van der Waals surface area contributed by atoms with E-state index >= 15 is 0 Å². The minimum atomic E-state index is 0.344. The van der Waals surface area contributed by atoms with Crippen molar-refractivity contribution in [1.82, 2.24) is 0 Å². The van der Waals surface area contributed by atoms with Gasteiger partial charge in [-0.25, -0.2) is 0 Å². The summed E-state index contributed by atoms with van der Waals surface area (Å²) >= 11 is 2.31. The maximum absolute atomic E-state index is 8.89. The van der Waals surface area contributed by atoms with Crippen LogP contribution in [0.4, 0.5) is 0 Å². The van der Waals surface area contributed by atoms with Gasteiger partial charge in [0.1, 0.15) is 0 Å². The molecule has 1 aliphatic rings. The Balaban J connectivity index is 2.10. The fourth-order valence-corrected chi connectivity index (χ4v) is 1.93. The largest absolute Gasteiger partial charge is 0.396 e. The van der Waals surface area contributed by atoms with Crippen LogP contribution in [0.1, 0.15) is 17.9 Å². The van der Waals surface area contributed by atoms with E-state index in [0.29, 0.717) is 18.4 Å². The minimum Gasteiger partial charge on any atom is -0.396 e. The number of aliphatic hydroxyl groups is 1. The highest BCUT2D eigenvalue weighted by atomic mass is 127. The van der Waals surface area contributed by atoms with Crippen molar-refractivity contribution < 1.29 is 5.11 Å². The lowest BCUT2D eigenvalue weighted by Crippen LogP contribution is -1.88. The summed E-state index contributed by atoms with van der Waals surface area (Å²) in [5.41, 5.74) is 1.38. The molecule has 12 heavy (non-hydrogen) atoms. The summed E-state index contributed by atoms with van der Waals surface area (Å²) in [6, 6.07) is 8.59. The van der Waals surface area contributed by atoms with Crippen LogP contribution in [0.3, 0.4) is 0 Å². The van der Waals surface area contributed by atoms with Crippen molar-refractivity contribution in [2.45, 2.75) is 12.3 Å². The zero-order valence-corrected chi connectivity index (χ0v) is 8.86. The van der Waals surface area contributed by atoms with Gasteiger partial charge in [0.05, 0.1) is 0 Å². The Bertz CT molecular complexity index is 268. The molecule has 0 spiro atoms. The van der Waals surface area contributed by atoms with Crippen molar-refractivity contribution in [2.24, 2.45) is 5.92 Å². The van der Waals surface area contributed by atoms with E-state index in [1.165, 1.54) is 9.13 Å². The van der Waals surface area contributed by atoms with E-state index < -0.39 is 0 Å². The number of hydrogen-bond donors (Lipinski definition) is 1. The quantitative estimate of drug-likeness (QED) is 0.821. The number of aliphatic hydroxyl groups excluding tert-OH is 1. The van der Waals surface area contributed by atoms with Crippen LogP contribution in [-0.4, -0.2) is 11.7 Å². The van der Waals surface area contributed by atoms with E-state index in [-0.39, 0.29) is 0 Å². The van der Waals surface area contributed by atoms with Crippen LogP contribution in [0.25, 0.3) is 0 Å². The molecule has 1 saturated carbocycles. The summed E-state index contributed by atoms with van der Waals surface area (Å²) in [6.07, 6.45) is 1.16. The summed E-state index contributed by atoms with van der Waals surface area (Å²) < 4.78 is 1.28. The lowest BCUT2D eigenvalue weighted by atomic mass is 10.1.